The zero-order valence-corrected chi connectivity index (χ0v) is 12.0. The molecule has 0 aromatic carbocycles. The topological polar surface area (TPSA) is 61.4 Å². The monoisotopic (exact) mass is 256 g/mol. The van der Waals surface area contributed by atoms with E-state index in [2.05, 4.69) is 31.4 Å². The van der Waals surface area contributed by atoms with Crippen LogP contribution in [0.15, 0.2) is 0 Å². The minimum absolute atomic E-state index is 0.0348. The highest BCUT2D eigenvalue weighted by Gasteiger charge is 2.28. The molecule has 2 unspecified atom stereocenters. The van der Waals surface area contributed by atoms with E-state index in [1.165, 1.54) is 0 Å². The lowest BCUT2D eigenvalue weighted by Gasteiger charge is -2.31. The number of amides is 1. The van der Waals surface area contributed by atoms with Crippen LogP contribution < -0.4 is 10.6 Å². The predicted octanol–water partition coefficient (Wildman–Crippen LogP) is 1.29. The fourth-order valence-electron chi connectivity index (χ4n) is 2.48. The lowest BCUT2D eigenvalue weighted by Crippen LogP contribution is -2.52. The third kappa shape index (κ3) is 4.94. The van der Waals surface area contributed by atoms with Crippen molar-refractivity contribution in [2.75, 3.05) is 19.7 Å². The summed E-state index contributed by atoms with van der Waals surface area (Å²) in [6.45, 7) is 8.22. The fourth-order valence-corrected chi connectivity index (χ4v) is 2.48. The van der Waals surface area contributed by atoms with Crippen molar-refractivity contribution in [1.82, 2.24) is 10.6 Å². The number of carbonyl (C=O) groups excluding carboxylic acids is 1. The van der Waals surface area contributed by atoms with Crippen LogP contribution in [0.3, 0.4) is 0 Å². The number of nitrogens with one attached hydrogen (secondary N) is 2. The van der Waals surface area contributed by atoms with Gasteiger partial charge in [-0.1, -0.05) is 20.8 Å². The number of rotatable bonds is 6. The van der Waals surface area contributed by atoms with E-state index in [0.717, 1.165) is 32.2 Å². The van der Waals surface area contributed by atoms with Crippen molar-refractivity contribution in [3.63, 3.8) is 0 Å². The van der Waals surface area contributed by atoms with Gasteiger partial charge in [-0.05, 0) is 43.6 Å². The number of aliphatic hydroxyl groups is 1. The summed E-state index contributed by atoms with van der Waals surface area (Å²) in [6.07, 6.45) is 4.00. The summed E-state index contributed by atoms with van der Waals surface area (Å²) < 4.78 is 0. The quantitative estimate of drug-likeness (QED) is 0.671. The van der Waals surface area contributed by atoms with Crippen LogP contribution in [0.1, 0.15) is 46.5 Å². The highest BCUT2D eigenvalue weighted by molar-refractivity contribution is 5.82. The van der Waals surface area contributed by atoms with Crippen LogP contribution in [0.5, 0.6) is 0 Å². The molecule has 1 heterocycles. The highest BCUT2D eigenvalue weighted by atomic mass is 16.2. The van der Waals surface area contributed by atoms with Crippen molar-refractivity contribution in [2.24, 2.45) is 11.3 Å². The molecule has 0 aromatic heterocycles. The highest BCUT2D eigenvalue weighted by Crippen LogP contribution is 2.21. The molecular weight excluding hydrogens is 228 g/mol. The first kappa shape index (κ1) is 15.4. The summed E-state index contributed by atoms with van der Waals surface area (Å²) in [5.41, 5.74) is 0.0519. The van der Waals surface area contributed by atoms with E-state index in [0.29, 0.717) is 12.5 Å². The molecule has 2 atom stereocenters. The minimum Gasteiger partial charge on any atom is -0.396 e. The molecule has 4 heteroatoms. The van der Waals surface area contributed by atoms with E-state index in [9.17, 15) is 4.79 Å². The first-order chi connectivity index (χ1) is 8.46. The number of piperidine rings is 1. The predicted molar refractivity (Wildman–Crippen MR) is 73.3 cm³/mol. The maximum absolute atomic E-state index is 12.1. The lowest BCUT2D eigenvalue weighted by atomic mass is 9.87. The Hall–Kier alpha value is -0.610. The van der Waals surface area contributed by atoms with Gasteiger partial charge in [-0.25, -0.2) is 0 Å². The third-order valence-electron chi connectivity index (χ3n) is 3.80. The Labute approximate surface area is 111 Å². The Morgan fingerprint density at radius 3 is 2.83 bits per heavy atom. The Morgan fingerprint density at radius 1 is 1.50 bits per heavy atom. The Morgan fingerprint density at radius 2 is 2.22 bits per heavy atom. The van der Waals surface area contributed by atoms with Crippen LogP contribution in [-0.2, 0) is 4.79 Å². The summed E-state index contributed by atoms with van der Waals surface area (Å²) in [5, 5.41) is 15.2. The number of carbonyl (C=O) groups is 1. The smallest absolute Gasteiger partial charge is 0.237 e. The average molecular weight is 256 g/mol. The largest absolute Gasteiger partial charge is 0.396 e. The first-order valence-electron chi connectivity index (χ1n) is 7.08. The molecule has 1 saturated heterocycles. The van der Waals surface area contributed by atoms with Gasteiger partial charge < -0.3 is 15.7 Å². The summed E-state index contributed by atoms with van der Waals surface area (Å²) in [6, 6.07) is -0.0348. The number of aliphatic hydroxyl groups excluding tert-OH is 1. The fraction of sp³-hybridized carbons (Fsp3) is 0.929. The molecule has 18 heavy (non-hydrogen) atoms. The summed E-state index contributed by atoms with van der Waals surface area (Å²) in [4.78, 5) is 12.1. The SMILES string of the molecule is CC1CCCNC1C(=O)NCC(C)(C)CCCO. The van der Waals surface area contributed by atoms with Crippen LogP contribution in [0.2, 0.25) is 0 Å². The molecule has 1 aliphatic rings. The molecule has 0 saturated carbocycles. The molecule has 3 N–H and O–H groups in total. The van der Waals surface area contributed by atoms with Crippen molar-refractivity contribution in [3.8, 4) is 0 Å². The average Bonchev–Trinajstić information content (AvgIpc) is 2.34. The lowest BCUT2D eigenvalue weighted by molar-refractivity contribution is -0.125. The molecule has 1 amide bonds. The van der Waals surface area contributed by atoms with Crippen molar-refractivity contribution < 1.29 is 9.90 Å². The van der Waals surface area contributed by atoms with Gasteiger partial charge >= 0.3 is 0 Å². The Bertz CT molecular complexity index is 267. The molecule has 4 nitrogen and oxygen atoms in total. The molecule has 1 fully saturated rings. The summed E-state index contributed by atoms with van der Waals surface area (Å²) in [5.74, 6) is 0.540. The first-order valence-corrected chi connectivity index (χ1v) is 7.08. The van der Waals surface area contributed by atoms with Gasteiger partial charge in [-0.15, -0.1) is 0 Å². The van der Waals surface area contributed by atoms with Gasteiger partial charge in [-0.3, -0.25) is 4.79 Å². The number of hydrogen-bond donors (Lipinski definition) is 3. The normalized spacial score (nSPS) is 24.9. The van der Waals surface area contributed by atoms with Gasteiger partial charge in [0.2, 0.25) is 5.91 Å². The van der Waals surface area contributed by atoms with Crippen molar-refractivity contribution >= 4 is 5.91 Å². The zero-order chi connectivity index (χ0) is 13.6. The van der Waals surface area contributed by atoms with Crippen molar-refractivity contribution in [2.45, 2.75) is 52.5 Å². The molecule has 1 aliphatic heterocycles. The van der Waals surface area contributed by atoms with Crippen molar-refractivity contribution in [1.29, 1.82) is 0 Å². The van der Waals surface area contributed by atoms with E-state index in [1.54, 1.807) is 0 Å². The zero-order valence-electron chi connectivity index (χ0n) is 12.0. The van der Waals surface area contributed by atoms with E-state index in [1.807, 2.05) is 0 Å². The minimum atomic E-state index is -0.0348. The second-order valence-electron chi connectivity index (χ2n) is 6.26. The Kier molecular flexibility index (Phi) is 6.09. The van der Waals surface area contributed by atoms with Gasteiger partial charge in [-0.2, -0.15) is 0 Å². The van der Waals surface area contributed by atoms with Gasteiger partial charge in [0, 0.05) is 13.2 Å². The van der Waals surface area contributed by atoms with Crippen molar-refractivity contribution in [3.05, 3.63) is 0 Å². The molecular formula is C14H28N2O2. The molecule has 0 radical (unpaired) electrons. The van der Waals surface area contributed by atoms with Crippen LogP contribution in [0.4, 0.5) is 0 Å². The second kappa shape index (κ2) is 7.10. The van der Waals surface area contributed by atoms with Gasteiger partial charge in [0.25, 0.3) is 0 Å². The molecule has 0 bridgehead atoms. The van der Waals surface area contributed by atoms with Crippen LogP contribution in [0.25, 0.3) is 0 Å². The summed E-state index contributed by atoms with van der Waals surface area (Å²) >= 11 is 0. The molecule has 0 aromatic rings. The summed E-state index contributed by atoms with van der Waals surface area (Å²) in [7, 11) is 0. The van der Waals surface area contributed by atoms with Gasteiger partial charge in [0.05, 0.1) is 6.04 Å². The molecule has 0 spiro atoms. The van der Waals surface area contributed by atoms with E-state index >= 15 is 0 Å². The Balaban J connectivity index is 2.35. The number of hydrogen-bond acceptors (Lipinski definition) is 3. The maximum atomic E-state index is 12.1. The second-order valence-corrected chi connectivity index (χ2v) is 6.26. The standard InChI is InChI=1S/C14H28N2O2/c1-11-6-4-8-15-12(11)13(18)16-10-14(2,3)7-5-9-17/h11-12,15,17H,4-10H2,1-3H3,(H,16,18). The molecule has 1 rings (SSSR count). The maximum Gasteiger partial charge on any atom is 0.237 e. The van der Waals surface area contributed by atoms with Crippen LogP contribution >= 0.6 is 0 Å². The van der Waals surface area contributed by atoms with E-state index in [4.69, 9.17) is 5.11 Å². The van der Waals surface area contributed by atoms with Crippen LogP contribution in [-0.4, -0.2) is 36.8 Å². The van der Waals surface area contributed by atoms with Gasteiger partial charge in [0.15, 0.2) is 0 Å². The van der Waals surface area contributed by atoms with E-state index in [-0.39, 0.29) is 24.0 Å². The van der Waals surface area contributed by atoms with Gasteiger partial charge in [0.1, 0.15) is 0 Å². The molecule has 0 aliphatic carbocycles. The van der Waals surface area contributed by atoms with Crippen LogP contribution in [0, 0.1) is 11.3 Å². The van der Waals surface area contributed by atoms with E-state index < -0.39 is 0 Å². The molecule has 106 valence electrons. The third-order valence-corrected chi connectivity index (χ3v) is 3.80.